The normalized spacial score (nSPS) is 19.7. The van der Waals surface area contributed by atoms with Gasteiger partial charge in [0.25, 0.3) is 0 Å². The molecular formula is C11H11NO5. The van der Waals surface area contributed by atoms with Crippen LogP contribution in [-0.2, 0) is 4.79 Å². The van der Waals surface area contributed by atoms with Gasteiger partial charge in [-0.2, -0.15) is 0 Å². The number of anilines is 1. The number of phenolic OH excluding ortho intramolecular Hbond substituents is 1. The Kier molecular flexibility index (Phi) is 2.72. The average molecular weight is 237 g/mol. The molecule has 3 N–H and O–H groups in total. The molecule has 1 aliphatic rings. The quantitative estimate of drug-likeness (QED) is 0.682. The predicted molar refractivity (Wildman–Crippen MR) is 58.0 cm³/mol. The van der Waals surface area contributed by atoms with E-state index in [4.69, 9.17) is 5.11 Å². The molecule has 0 radical (unpaired) electrons. The third-order valence-corrected chi connectivity index (χ3v) is 2.62. The minimum absolute atomic E-state index is 0.0140. The second kappa shape index (κ2) is 4.06. The third kappa shape index (κ3) is 2.07. The molecule has 0 spiro atoms. The van der Waals surface area contributed by atoms with Gasteiger partial charge in [0.05, 0.1) is 30.3 Å². The molecule has 6 heteroatoms. The van der Waals surface area contributed by atoms with Gasteiger partial charge in [-0.3, -0.25) is 4.79 Å². The van der Waals surface area contributed by atoms with Crippen molar-refractivity contribution in [1.82, 2.24) is 0 Å². The second-order valence-corrected chi connectivity index (χ2v) is 3.87. The molecule has 1 aromatic carbocycles. The van der Waals surface area contributed by atoms with Gasteiger partial charge in [0.2, 0.25) is 5.91 Å². The Morgan fingerprint density at radius 2 is 2.12 bits per heavy atom. The van der Waals surface area contributed by atoms with Crippen LogP contribution >= 0.6 is 0 Å². The van der Waals surface area contributed by atoms with Gasteiger partial charge in [0, 0.05) is 0 Å². The van der Waals surface area contributed by atoms with E-state index in [-0.39, 0.29) is 35.9 Å². The summed E-state index contributed by atoms with van der Waals surface area (Å²) in [5, 5.41) is 27.7. The van der Waals surface area contributed by atoms with Crippen molar-refractivity contribution in [3.63, 3.8) is 0 Å². The lowest BCUT2D eigenvalue weighted by Gasteiger charge is -2.17. The molecule has 17 heavy (non-hydrogen) atoms. The number of benzene rings is 1. The Morgan fingerprint density at radius 3 is 2.59 bits per heavy atom. The largest absolute Gasteiger partial charge is 0.506 e. The fourth-order valence-electron chi connectivity index (χ4n) is 1.81. The molecule has 1 atom stereocenters. The number of carbonyl (C=O) groups excluding carboxylic acids is 1. The van der Waals surface area contributed by atoms with Crippen LogP contribution in [0.3, 0.4) is 0 Å². The number of amides is 1. The number of nitrogens with zero attached hydrogens (tertiary/aromatic N) is 1. The van der Waals surface area contributed by atoms with Gasteiger partial charge >= 0.3 is 5.97 Å². The van der Waals surface area contributed by atoms with E-state index in [2.05, 4.69) is 0 Å². The molecule has 0 aromatic heterocycles. The van der Waals surface area contributed by atoms with Crippen LogP contribution in [0.4, 0.5) is 5.69 Å². The zero-order valence-corrected chi connectivity index (χ0v) is 8.83. The van der Waals surface area contributed by atoms with Crippen LogP contribution in [0.5, 0.6) is 5.75 Å². The second-order valence-electron chi connectivity index (χ2n) is 3.87. The zero-order valence-electron chi connectivity index (χ0n) is 8.83. The SMILES string of the molecule is O=C(O)c1ccc(N2CC(O)CC2=O)c(O)c1. The molecule has 1 fully saturated rings. The number of rotatable bonds is 2. The summed E-state index contributed by atoms with van der Waals surface area (Å²) in [4.78, 5) is 23.4. The number of aliphatic hydroxyl groups excluding tert-OH is 1. The van der Waals surface area contributed by atoms with Gasteiger partial charge in [-0.05, 0) is 18.2 Å². The van der Waals surface area contributed by atoms with Crippen LogP contribution in [-0.4, -0.2) is 39.8 Å². The maximum Gasteiger partial charge on any atom is 0.335 e. The highest BCUT2D eigenvalue weighted by Crippen LogP contribution is 2.31. The number of aliphatic hydroxyl groups is 1. The van der Waals surface area contributed by atoms with Crippen LogP contribution in [0.25, 0.3) is 0 Å². The summed E-state index contributed by atoms with van der Waals surface area (Å²) >= 11 is 0. The zero-order chi connectivity index (χ0) is 12.6. The van der Waals surface area contributed by atoms with Gasteiger partial charge in [0.15, 0.2) is 0 Å². The first-order valence-electron chi connectivity index (χ1n) is 5.04. The highest BCUT2D eigenvalue weighted by atomic mass is 16.4. The van der Waals surface area contributed by atoms with Crippen molar-refractivity contribution >= 4 is 17.6 Å². The molecule has 1 aliphatic heterocycles. The molecule has 1 unspecified atom stereocenters. The van der Waals surface area contributed by atoms with Crippen molar-refractivity contribution in [2.24, 2.45) is 0 Å². The van der Waals surface area contributed by atoms with E-state index in [0.717, 1.165) is 6.07 Å². The van der Waals surface area contributed by atoms with Gasteiger partial charge in [-0.1, -0.05) is 0 Å². The molecule has 0 aliphatic carbocycles. The van der Waals surface area contributed by atoms with Crippen molar-refractivity contribution < 1.29 is 24.9 Å². The lowest BCUT2D eigenvalue weighted by Crippen LogP contribution is -2.25. The van der Waals surface area contributed by atoms with Gasteiger partial charge in [-0.15, -0.1) is 0 Å². The molecule has 90 valence electrons. The number of phenols is 1. The first-order valence-corrected chi connectivity index (χ1v) is 5.04. The van der Waals surface area contributed by atoms with E-state index in [0.29, 0.717) is 0 Å². The van der Waals surface area contributed by atoms with Crippen LogP contribution in [0, 0.1) is 0 Å². The molecule has 1 aromatic rings. The van der Waals surface area contributed by atoms with E-state index < -0.39 is 12.1 Å². The van der Waals surface area contributed by atoms with Crippen LogP contribution in [0.1, 0.15) is 16.8 Å². The molecule has 1 heterocycles. The summed E-state index contributed by atoms with van der Waals surface area (Å²) in [6, 6.07) is 3.74. The fraction of sp³-hybridized carbons (Fsp3) is 0.273. The maximum atomic E-state index is 11.5. The van der Waals surface area contributed by atoms with E-state index >= 15 is 0 Å². The third-order valence-electron chi connectivity index (χ3n) is 2.62. The Hall–Kier alpha value is -2.08. The average Bonchev–Trinajstić information content (AvgIpc) is 2.57. The Bertz CT molecular complexity index is 485. The number of aromatic hydroxyl groups is 1. The number of β-amino-alcohol motifs (C(OH)–C–C–N with tert-alkyl or cyclic N) is 1. The number of carbonyl (C=O) groups is 2. The molecule has 0 saturated carbocycles. The van der Waals surface area contributed by atoms with Crippen molar-refractivity contribution in [2.45, 2.75) is 12.5 Å². The summed E-state index contributed by atoms with van der Waals surface area (Å²) in [5.74, 6) is -1.73. The van der Waals surface area contributed by atoms with Crippen molar-refractivity contribution in [3.05, 3.63) is 23.8 Å². The number of hydrogen-bond donors (Lipinski definition) is 3. The molecule has 1 amide bonds. The van der Waals surface area contributed by atoms with E-state index in [1.807, 2.05) is 0 Å². The smallest absolute Gasteiger partial charge is 0.335 e. The van der Waals surface area contributed by atoms with E-state index in [1.165, 1.54) is 17.0 Å². The Balaban J connectivity index is 2.34. The van der Waals surface area contributed by atoms with Crippen molar-refractivity contribution in [2.75, 3.05) is 11.4 Å². The molecule has 2 rings (SSSR count). The van der Waals surface area contributed by atoms with Crippen LogP contribution < -0.4 is 4.90 Å². The van der Waals surface area contributed by atoms with Gasteiger partial charge in [0.1, 0.15) is 5.75 Å². The highest BCUT2D eigenvalue weighted by molar-refractivity contribution is 5.98. The fourth-order valence-corrected chi connectivity index (χ4v) is 1.81. The Morgan fingerprint density at radius 1 is 1.41 bits per heavy atom. The van der Waals surface area contributed by atoms with E-state index in [1.54, 1.807) is 0 Å². The highest BCUT2D eigenvalue weighted by Gasteiger charge is 2.30. The van der Waals surface area contributed by atoms with Gasteiger partial charge < -0.3 is 20.2 Å². The number of hydrogen-bond acceptors (Lipinski definition) is 4. The maximum absolute atomic E-state index is 11.5. The van der Waals surface area contributed by atoms with E-state index in [9.17, 15) is 19.8 Å². The predicted octanol–water partition coefficient (Wildman–Crippen LogP) is 0.188. The summed E-state index contributed by atoms with van der Waals surface area (Å²) in [6.45, 7) is 0.110. The first-order chi connectivity index (χ1) is 7.99. The molecule has 0 bridgehead atoms. The minimum Gasteiger partial charge on any atom is -0.506 e. The number of aromatic carboxylic acids is 1. The molecular weight excluding hydrogens is 226 g/mol. The summed E-state index contributed by atoms with van der Waals surface area (Å²) in [7, 11) is 0. The molecule has 6 nitrogen and oxygen atoms in total. The number of carboxylic acid groups (broad SMARTS) is 1. The van der Waals surface area contributed by atoms with Crippen molar-refractivity contribution in [3.8, 4) is 5.75 Å². The summed E-state index contributed by atoms with van der Waals surface area (Å²) in [6.07, 6.45) is -0.735. The number of carboxylic acids is 1. The summed E-state index contributed by atoms with van der Waals surface area (Å²) < 4.78 is 0. The monoisotopic (exact) mass is 237 g/mol. The lowest BCUT2D eigenvalue weighted by molar-refractivity contribution is -0.117. The van der Waals surface area contributed by atoms with Crippen LogP contribution in [0.2, 0.25) is 0 Å². The van der Waals surface area contributed by atoms with Crippen LogP contribution in [0.15, 0.2) is 18.2 Å². The molecule has 1 saturated heterocycles. The first kappa shape index (κ1) is 11.4. The standard InChI is InChI=1S/C11H11NO5/c13-7-4-10(15)12(5-7)8-2-1-6(11(16)17)3-9(8)14/h1-3,7,13-14H,4-5H2,(H,16,17). The lowest BCUT2D eigenvalue weighted by atomic mass is 10.2. The summed E-state index contributed by atoms with van der Waals surface area (Å²) in [5.41, 5.74) is 0.162. The van der Waals surface area contributed by atoms with Gasteiger partial charge in [-0.25, -0.2) is 4.79 Å². The minimum atomic E-state index is -1.15. The topological polar surface area (TPSA) is 98.1 Å². The van der Waals surface area contributed by atoms with Crippen molar-refractivity contribution in [1.29, 1.82) is 0 Å². The Labute approximate surface area is 96.7 Å².